The van der Waals surface area contributed by atoms with Crippen molar-refractivity contribution in [1.29, 1.82) is 0 Å². The summed E-state index contributed by atoms with van der Waals surface area (Å²) in [5, 5.41) is 4.44. The highest BCUT2D eigenvalue weighted by Gasteiger charge is 2.25. The molecule has 5 nitrogen and oxygen atoms in total. The first-order chi connectivity index (χ1) is 9.70. The van der Waals surface area contributed by atoms with E-state index >= 15 is 0 Å². The predicted octanol–water partition coefficient (Wildman–Crippen LogP) is 1.79. The van der Waals surface area contributed by atoms with Crippen molar-refractivity contribution >= 4 is 0 Å². The lowest BCUT2D eigenvalue weighted by Crippen LogP contribution is -2.45. The second kappa shape index (κ2) is 6.22. The molecule has 0 aromatic carbocycles. The Kier molecular flexibility index (Phi) is 4.36. The first-order valence-electron chi connectivity index (χ1n) is 7.92. The number of aryl methyl sites for hydroxylation is 2. The Morgan fingerprint density at radius 1 is 1.20 bits per heavy atom. The van der Waals surface area contributed by atoms with E-state index in [1.165, 1.54) is 32.2 Å². The van der Waals surface area contributed by atoms with E-state index in [2.05, 4.69) is 15.0 Å². The monoisotopic (exact) mass is 278 g/mol. The Balaban J connectivity index is 1.53. The molecular weight excluding hydrogens is 252 g/mol. The van der Waals surface area contributed by atoms with Gasteiger partial charge in [-0.25, -0.2) is 9.67 Å². The number of morpholine rings is 1. The first-order valence-corrected chi connectivity index (χ1v) is 7.92. The summed E-state index contributed by atoms with van der Waals surface area (Å²) in [4.78, 5) is 6.95. The Hall–Kier alpha value is -0.940. The molecule has 1 aliphatic carbocycles. The SMILES string of the molecule is Cc1nc(C)n(C[C@H]2CN(CC3CCCC3)CCO2)n1. The van der Waals surface area contributed by atoms with Crippen LogP contribution in [0, 0.1) is 19.8 Å². The van der Waals surface area contributed by atoms with Crippen LogP contribution in [0.3, 0.4) is 0 Å². The molecular formula is C15H26N4O. The van der Waals surface area contributed by atoms with E-state index in [4.69, 9.17) is 4.74 Å². The van der Waals surface area contributed by atoms with Crippen LogP contribution in [-0.2, 0) is 11.3 Å². The van der Waals surface area contributed by atoms with E-state index < -0.39 is 0 Å². The molecule has 0 amide bonds. The van der Waals surface area contributed by atoms with Crippen LogP contribution in [0.4, 0.5) is 0 Å². The third-order valence-electron chi connectivity index (χ3n) is 4.55. The van der Waals surface area contributed by atoms with Gasteiger partial charge in [0.1, 0.15) is 11.6 Å². The number of hydrogen-bond acceptors (Lipinski definition) is 4. The van der Waals surface area contributed by atoms with Crippen LogP contribution in [-0.4, -0.2) is 52.0 Å². The van der Waals surface area contributed by atoms with Gasteiger partial charge in [-0.3, -0.25) is 4.90 Å². The molecule has 2 heterocycles. The fraction of sp³-hybridized carbons (Fsp3) is 0.867. The zero-order valence-electron chi connectivity index (χ0n) is 12.7. The lowest BCUT2D eigenvalue weighted by atomic mass is 10.1. The van der Waals surface area contributed by atoms with Crippen LogP contribution in [0.1, 0.15) is 37.3 Å². The molecule has 1 aromatic rings. The molecule has 1 saturated carbocycles. The Morgan fingerprint density at radius 3 is 2.70 bits per heavy atom. The largest absolute Gasteiger partial charge is 0.374 e. The summed E-state index contributed by atoms with van der Waals surface area (Å²) < 4.78 is 7.90. The number of nitrogens with zero attached hydrogens (tertiary/aromatic N) is 4. The Labute approximate surface area is 121 Å². The molecule has 0 N–H and O–H groups in total. The van der Waals surface area contributed by atoms with E-state index in [0.717, 1.165) is 43.8 Å². The van der Waals surface area contributed by atoms with Gasteiger partial charge in [-0.2, -0.15) is 5.10 Å². The summed E-state index contributed by atoms with van der Waals surface area (Å²) in [7, 11) is 0. The van der Waals surface area contributed by atoms with Gasteiger partial charge in [-0.1, -0.05) is 12.8 Å². The number of aromatic nitrogens is 3. The lowest BCUT2D eigenvalue weighted by molar-refractivity contribution is -0.0417. The average Bonchev–Trinajstić information content (AvgIpc) is 3.01. The van der Waals surface area contributed by atoms with Crippen molar-refractivity contribution in [3.8, 4) is 0 Å². The van der Waals surface area contributed by atoms with Gasteiger partial charge in [0.15, 0.2) is 0 Å². The van der Waals surface area contributed by atoms with Crippen LogP contribution in [0.25, 0.3) is 0 Å². The molecule has 0 unspecified atom stereocenters. The van der Waals surface area contributed by atoms with Gasteiger partial charge in [-0.15, -0.1) is 0 Å². The molecule has 0 spiro atoms. The summed E-state index contributed by atoms with van der Waals surface area (Å²) in [5.41, 5.74) is 0. The number of hydrogen-bond donors (Lipinski definition) is 0. The van der Waals surface area contributed by atoms with E-state index in [0.29, 0.717) is 0 Å². The van der Waals surface area contributed by atoms with Crippen molar-refractivity contribution in [3.63, 3.8) is 0 Å². The summed E-state index contributed by atoms with van der Waals surface area (Å²) >= 11 is 0. The van der Waals surface area contributed by atoms with Crippen LogP contribution < -0.4 is 0 Å². The van der Waals surface area contributed by atoms with Crippen LogP contribution in [0.2, 0.25) is 0 Å². The number of rotatable bonds is 4. The van der Waals surface area contributed by atoms with Crippen molar-refractivity contribution in [1.82, 2.24) is 19.7 Å². The highest BCUT2D eigenvalue weighted by atomic mass is 16.5. The van der Waals surface area contributed by atoms with Gasteiger partial charge in [0.05, 0.1) is 19.3 Å². The van der Waals surface area contributed by atoms with Gasteiger partial charge in [0, 0.05) is 19.6 Å². The normalized spacial score (nSPS) is 25.4. The van der Waals surface area contributed by atoms with Crippen LogP contribution in [0.5, 0.6) is 0 Å². The van der Waals surface area contributed by atoms with Crippen molar-refractivity contribution in [2.45, 2.75) is 52.2 Å². The molecule has 5 heteroatoms. The zero-order valence-corrected chi connectivity index (χ0v) is 12.7. The highest BCUT2D eigenvalue weighted by Crippen LogP contribution is 2.26. The van der Waals surface area contributed by atoms with Crippen LogP contribution in [0.15, 0.2) is 0 Å². The molecule has 112 valence electrons. The Bertz CT molecular complexity index is 439. The molecule has 20 heavy (non-hydrogen) atoms. The van der Waals surface area contributed by atoms with Gasteiger partial charge in [0.25, 0.3) is 0 Å². The first kappa shape index (κ1) is 14.0. The summed E-state index contributed by atoms with van der Waals surface area (Å²) in [6, 6.07) is 0. The molecule has 2 aliphatic rings. The molecule has 0 bridgehead atoms. The van der Waals surface area contributed by atoms with Crippen molar-refractivity contribution < 1.29 is 4.74 Å². The van der Waals surface area contributed by atoms with Gasteiger partial charge < -0.3 is 4.74 Å². The zero-order chi connectivity index (χ0) is 13.9. The molecule has 1 atom stereocenters. The predicted molar refractivity (Wildman–Crippen MR) is 77.6 cm³/mol. The quantitative estimate of drug-likeness (QED) is 0.842. The summed E-state index contributed by atoms with van der Waals surface area (Å²) in [5.74, 6) is 2.75. The van der Waals surface area contributed by atoms with E-state index in [1.807, 2.05) is 18.5 Å². The van der Waals surface area contributed by atoms with Crippen molar-refractivity contribution in [2.24, 2.45) is 5.92 Å². The maximum absolute atomic E-state index is 5.91. The van der Waals surface area contributed by atoms with Crippen molar-refractivity contribution in [2.75, 3.05) is 26.2 Å². The summed E-state index contributed by atoms with van der Waals surface area (Å²) in [6.07, 6.45) is 5.95. The van der Waals surface area contributed by atoms with E-state index in [9.17, 15) is 0 Å². The minimum atomic E-state index is 0.255. The third-order valence-corrected chi connectivity index (χ3v) is 4.55. The smallest absolute Gasteiger partial charge is 0.147 e. The highest BCUT2D eigenvalue weighted by molar-refractivity contribution is 4.88. The standard InChI is InChI=1S/C15H26N4O/c1-12-16-13(2)19(17-12)11-15-10-18(7-8-20-15)9-14-5-3-4-6-14/h14-15H,3-11H2,1-2H3/t15-/m1/s1. The average molecular weight is 278 g/mol. The van der Waals surface area contributed by atoms with E-state index in [-0.39, 0.29) is 6.10 Å². The molecule has 1 aliphatic heterocycles. The number of ether oxygens (including phenoxy) is 1. The maximum atomic E-state index is 5.91. The fourth-order valence-electron chi connectivity index (χ4n) is 3.54. The summed E-state index contributed by atoms with van der Waals surface area (Å²) in [6.45, 7) is 9.02. The lowest BCUT2D eigenvalue weighted by Gasteiger charge is -2.34. The minimum Gasteiger partial charge on any atom is -0.374 e. The molecule has 1 saturated heterocycles. The second-order valence-electron chi connectivity index (χ2n) is 6.29. The minimum absolute atomic E-state index is 0.255. The Morgan fingerprint density at radius 2 is 2.00 bits per heavy atom. The maximum Gasteiger partial charge on any atom is 0.147 e. The third kappa shape index (κ3) is 3.38. The molecule has 1 aromatic heterocycles. The second-order valence-corrected chi connectivity index (χ2v) is 6.29. The van der Waals surface area contributed by atoms with E-state index in [1.54, 1.807) is 0 Å². The van der Waals surface area contributed by atoms with Gasteiger partial charge in [-0.05, 0) is 32.6 Å². The van der Waals surface area contributed by atoms with Crippen molar-refractivity contribution in [3.05, 3.63) is 11.6 Å². The van der Waals surface area contributed by atoms with Gasteiger partial charge in [0.2, 0.25) is 0 Å². The molecule has 3 rings (SSSR count). The van der Waals surface area contributed by atoms with Crippen LogP contribution >= 0.6 is 0 Å². The topological polar surface area (TPSA) is 43.2 Å². The van der Waals surface area contributed by atoms with Gasteiger partial charge >= 0.3 is 0 Å². The molecule has 2 fully saturated rings. The fourth-order valence-corrected chi connectivity index (χ4v) is 3.54. The molecule has 0 radical (unpaired) electrons.